The number of benzene rings is 3. The molecule has 140 valence electrons. The fraction of sp³-hybridized carbons (Fsp3) is 0.261. The molecule has 0 N–H and O–H groups in total. The normalized spacial score (nSPS) is 10.7. The summed E-state index contributed by atoms with van der Waals surface area (Å²) in [6, 6.07) is 15.1. The Labute approximate surface area is 159 Å². The highest BCUT2D eigenvalue weighted by atomic mass is 16.5. The first-order chi connectivity index (χ1) is 13.1. The topological polar surface area (TPSA) is 44.8 Å². The van der Waals surface area contributed by atoms with Crippen molar-refractivity contribution in [1.29, 1.82) is 0 Å². The van der Waals surface area contributed by atoms with E-state index in [1.165, 1.54) is 0 Å². The summed E-state index contributed by atoms with van der Waals surface area (Å²) in [5, 5.41) is 1.80. The zero-order chi connectivity index (χ0) is 19.4. The van der Waals surface area contributed by atoms with E-state index in [4.69, 9.17) is 14.2 Å². The molecule has 0 amide bonds. The van der Waals surface area contributed by atoms with Gasteiger partial charge in [-0.1, -0.05) is 36.4 Å². The van der Waals surface area contributed by atoms with Crippen LogP contribution in [0.1, 0.15) is 35.3 Å². The van der Waals surface area contributed by atoms with E-state index < -0.39 is 5.97 Å². The zero-order valence-corrected chi connectivity index (χ0v) is 16.2. The van der Waals surface area contributed by atoms with Crippen LogP contribution in [0.5, 0.6) is 17.2 Å². The van der Waals surface area contributed by atoms with Crippen LogP contribution in [0.2, 0.25) is 0 Å². The molecule has 0 saturated carbocycles. The first kappa shape index (κ1) is 18.8. The number of esters is 1. The number of aryl methyl sites for hydroxylation is 2. The molecular weight excluding hydrogens is 340 g/mol. The van der Waals surface area contributed by atoms with Crippen LogP contribution in [0.3, 0.4) is 0 Å². The molecule has 0 aliphatic heterocycles. The molecule has 0 bridgehead atoms. The van der Waals surface area contributed by atoms with E-state index in [2.05, 4.69) is 0 Å². The van der Waals surface area contributed by atoms with Crippen molar-refractivity contribution in [3.05, 3.63) is 65.2 Å². The summed E-state index contributed by atoms with van der Waals surface area (Å²) in [7, 11) is 0. The van der Waals surface area contributed by atoms with Crippen LogP contribution in [0.15, 0.2) is 48.5 Å². The second kappa shape index (κ2) is 8.12. The van der Waals surface area contributed by atoms with Crippen molar-refractivity contribution < 1.29 is 19.0 Å². The summed E-state index contributed by atoms with van der Waals surface area (Å²) in [6.07, 6.45) is 0. The minimum Gasteiger partial charge on any atom is -0.493 e. The summed E-state index contributed by atoms with van der Waals surface area (Å²) in [5.74, 6) is 1.26. The molecule has 0 radical (unpaired) electrons. The minimum absolute atomic E-state index is 0.363. The van der Waals surface area contributed by atoms with Gasteiger partial charge in [-0.2, -0.15) is 0 Å². The molecule has 0 aliphatic rings. The molecule has 0 heterocycles. The second-order valence-corrected chi connectivity index (χ2v) is 6.27. The van der Waals surface area contributed by atoms with Gasteiger partial charge in [-0.25, -0.2) is 4.79 Å². The fourth-order valence-electron chi connectivity index (χ4n) is 3.14. The standard InChI is InChI=1S/C23H24O4/c1-5-25-20-14-18(23(24)27-19-13-8-7-10-15(19)3)22(26-6-2)17-12-9-11-16(4)21(17)20/h7-14H,5-6H2,1-4H3. The number of rotatable bonds is 6. The van der Waals surface area contributed by atoms with E-state index in [1.807, 2.05) is 64.1 Å². The van der Waals surface area contributed by atoms with E-state index in [9.17, 15) is 4.79 Å². The predicted octanol–water partition coefficient (Wildman–Crippen LogP) is 5.47. The van der Waals surface area contributed by atoms with Gasteiger partial charge in [0.05, 0.1) is 13.2 Å². The summed E-state index contributed by atoms with van der Waals surface area (Å²) in [6.45, 7) is 8.69. The van der Waals surface area contributed by atoms with Gasteiger partial charge in [0.1, 0.15) is 22.8 Å². The molecule has 4 nitrogen and oxygen atoms in total. The van der Waals surface area contributed by atoms with Gasteiger partial charge in [0.25, 0.3) is 0 Å². The third kappa shape index (κ3) is 3.75. The van der Waals surface area contributed by atoms with Gasteiger partial charge in [-0.3, -0.25) is 0 Å². The summed E-state index contributed by atoms with van der Waals surface area (Å²) in [4.78, 5) is 13.0. The second-order valence-electron chi connectivity index (χ2n) is 6.27. The highest BCUT2D eigenvalue weighted by Gasteiger charge is 2.22. The lowest BCUT2D eigenvalue weighted by molar-refractivity contribution is 0.0729. The van der Waals surface area contributed by atoms with Crippen molar-refractivity contribution in [1.82, 2.24) is 0 Å². The van der Waals surface area contributed by atoms with Crippen molar-refractivity contribution in [3.8, 4) is 17.2 Å². The van der Waals surface area contributed by atoms with E-state index in [0.717, 1.165) is 21.9 Å². The number of ether oxygens (including phenoxy) is 3. The van der Waals surface area contributed by atoms with Crippen molar-refractivity contribution in [2.24, 2.45) is 0 Å². The molecule has 3 rings (SSSR count). The molecule has 0 unspecified atom stereocenters. The van der Waals surface area contributed by atoms with Gasteiger partial charge < -0.3 is 14.2 Å². The molecule has 27 heavy (non-hydrogen) atoms. The lowest BCUT2D eigenvalue weighted by atomic mass is 10.00. The van der Waals surface area contributed by atoms with Crippen LogP contribution in [0, 0.1) is 13.8 Å². The number of carbonyl (C=O) groups is 1. The van der Waals surface area contributed by atoms with Crippen molar-refractivity contribution in [2.75, 3.05) is 13.2 Å². The highest BCUT2D eigenvalue weighted by molar-refractivity contribution is 6.05. The average Bonchev–Trinajstić information content (AvgIpc) is 2.65. The molecule has 3 aromatic carbocycles. The van der Waals surface area contributed by atoms with Crippen molar-refractivity contribution in [2.45, 2.75) is 27.7 Å². The van der Waals surface area contributed by atoms with Gasteiger partial charge in [0, 0.05) is 10.8 Å². The Balaban J connectivity index is 2.17. The molecule has 0 atom stereocenters. The summed E-state index contributed by atoms with van der Waals surface area (Å²) < 4.78 is 17.4. The predicted molar refractivity (Wildman–Crippen MR) is 107 cm³/mol. The third-order valence-electron chi connectivity index (χ3n) is 4.39. The Hall–Kier alpha value is -3.01. The largest absolute Gasteiger partial charge is 0.493 e. The zero-order valence-electron chi connectivity index (χ0n) is 16.2. The van der Waals surface area contributed by atoms with Gasteiger partial charge >= 0.3 is 5.97 Å². The molecule has 0 fully saturated rings. The quantitative estimate of drug-likeness (QED) is 0.429. The highest BCUT2D eigenvalue weighted by Crippen LogP contribution is 2.39. The SMILES string of the molecule is CCOc1c(C(=O)Oc2ccccc2C)cc(OCC)c2c(C)cccc12. The van der Waals surface area contributed by atoms with E-state index >= 15 is 0 Å². The number of para-hydroxylation sites is 1. The van der Waals surface area contributed by atoms with Crippen molar-refractivity contribution in [3.63, 3.8) is 0 Å². The fourth-order valence-corrected chi connectivity index (χ4v) is 3.14. The van der Waals surface area contributed by atoms with E-state index in [1.54, 1.807) is 12.1 Å². The maximum Gasteiger partial charge on any atom is 0.347 e. The Morgan fingerprint density at radius 3 is 2.26 bits per heavy atom. The Kier molecular flexibility index (Phi) is 5.65. The van der Waals surface area contributed by atoms with Crippen LogP contribution in [-0.4, -0.2) is 19.2 Å². The van der Waals surface area contributed by atoms with Crippen LogP contribution in [0.4, 0.5) is 0 Å². The Morgan fingerprint density at radius 1 is 0.852 bits per heavy atom. The maximum absolute atomic E-state index is 13.0. The molecular formula is C23H24O4. The number of hydrogen-bond acceptors (Lipinski definition) is 4. The average molecular weight is 364 g/mol. The van der Waals surface area contributed by atoms with E-state index in [0.29, 0.717) is 36.0 Å². The van der Waals surface area contributed by atoms with Crippen molar-refractivity contribution >= 4 is 16.7 Å². The number of fused-ring (bicyclic) bond motifs is 1. The molecule has 3 aromatic rings. The first-order valence-electron chi connectivity index (χ1n) is 9.16. The Morgan fingerprint density at radius 2 is 1.56 bits per heavy atom. The number of carbonyl (C=O) groups excluding carboxylic acids is 1. The van der Waals surface area contributed by atoms with Gasteiger partial charge in [-0.15, -0.1) is 0 Å². The molecule has 0 aromatic heterocycles. The van der Waals surface area contributed by atoms with Crippen LogP contribution >= 0.6 is 0 Å². The number of hydrogen-bond donors (Lipinski definition) is 0. The lowest BCUT2D eigenvalue weighted by Gasteiger charge is -2.18. The maximum atomic E-state index is 13.0. The van der Waals surface area contributed by atoms with Crippen LogP contribution < -0.4 is 14.2 Å². The van der Waals surface area contributed by atoms with E-state index in [-0.39, 0.29) is 0 Å². The third-order valence-corrected chi connectivity index (χ3v) is 4.39. The smallest absolute Gasteiger partial charge is 0.347 e. The molecule has 4 heteroatoms. The van der Waals surface area contributed by atoms with Gasteiger partial charge in [-0.05, 0) is 51.0 Å². The van der Waals surface area contributed by atoms with Crippen LogP contribution in [-0.2, 0) is 0 Å². The molecule has 0 saturated heterocycles. The monoisotopic (exact) mass is 364 g/mol. The molecule has 0 aliphatic carbocycles. The molecule has 0 spiro atoms. The van der Waals surface area contributed by atoms with Gasteiger partial charge in [0.15, 0.2) is 0 Å². The first-order valence-corrected chi connectivity index (χ1v) is 9.16. The summed E-state index contributed by atoms with van der Waals surface area (Å²) >= 11 is 0. The minimum atomic E-state index is -0.461. The summed E-state index contributed by atoms with van der Waals surface area (Å²) in [5.41, 5.74) is 2.32. The Bertz CT molecular complexity index is 976. The van der Waals surface area contributed by atoms with Crippen LogP contribution in [0.25, 0.3) is 10.8 Å². The van der Waals surface area contributed by atoms with Gasteiger partial charge in [0.2, 0.25) is 0 Å². The lowest BCUT2D eigenvalue weighted by Crippen LogP contribution is -2.13.